The van der Waals surface area contributed by atoms with Gasteiger partial charge in [0.05, 0.1) is 11.7 Å². The van der Waals surface area contributed by atoms with Crippen molar-refractivity contribution in [3.8, 4) is 5.75 Å². The SMILES string of the molecule is FC(F)(F)Oc1ccc2n[c]ccc2c1. The minimum absolute atomic E-state index is 0.247. The highest BCUT2D eigenvalue weighted by molar-refractivity contribution is 5.79. The van der Waals surface area contributed by atoms with Crippen LogP contribution in [0.5, 0.6) is 5.75 Å². The van der Waals surface area contributed by atoms with E-state index in [2.05, 4.69) is 15.9 Å². The van der Waals surface area contributed by atoms with E-state index in [0.717, 1.165) is 0 Å². The third-order valence-electron chi connectivity index (χ3n) is 1.76. The zero-order valence-corrected chi connectivity index (χ0v) is 7.38. The molecule has 1 radical (unpaired) electrons. The first-order valence-electron chi connectivity index (χ1n) is 4.07. The van der Waals surface area contributed by atoms with Crippen LogP contribution in [-0.4, -0.2) is 11.3 Å². The summed E-state index contributed by atoms with van der Waals surface area (Å²) in [7, 11) is 0. The predicted molar refractivity (Wildman–Crippen MR) is 47.3 cm³/mol. The monoisotopic (exact) mass is 212 g/mol. The third-order valence-corrected chi connectivity index (χ3v) is 1.76. The van der Waals surface area contributed by atoms with Crippen LogP contribution in [0.3, 0.4) is 0 Å². The number of alkyl halides is 3. The van der Waals surface area contributed by atoms with Crippen LogP contribution in [0, 0.1) is 6.20 Å². The maximum atomic E-state index is 11.9. The molecule has 0 N–H and O–H groups in total. The summed E-state index contributed by atoms with van der Waals surface area (Å²) < 4.78 is 39.5. The van der Waals surface area contributed by atoms with Crippen LogP contribution in [-0.2, 0) is 0 Å². The summed E-state index contributed by atoms with van der Waals surface area (Å²) in [6.45, 7) is 0. The quantitative estimate of drug-likeness (QED) is 0.725. The fourth-order valence-electron chi connectivity index (χ4n) is 1.20. The van der Waals surface area contributed by atoms with Crippen molar-refractivity contribution in [3.05, 3.63) is 36.5 Å². The van der Waals surface area contributed by atoms with E-state index >= 15 is 0 Å². The molecule has 0 spiro atoms. The fraction of sp³-hybridized carbons (Fsp3) is 0.100. The summed E-state index contributed by atoms with van der Waals surface area (Å²) in [5.74, 6) is -0.247. The Morgan fingerprint density at radius 3 is 2.73 bits per heavy atom. The normalized spacial score (nSPS) is 11.7. The average molecular weight is 212 g/mol. The molecule has 1 aromatic heterocycles. The summed E-state index contributed by atoms with van der Waals surface area (Å²) >= 11 is 0. The van der Waals surface area contributed by atoms with E-state index in [0.29, 0.717) is 10.9 Å². The van der Waals surface area contributed by atoms with Crippen molar-refractivity contribution < 1.29 is 17.9 Å². The Balaban J connectivity index is 2.39. The van der Waals surface area contributed by atoms with Gasteiger partial charge in [0, 0.05) is 5.39 Å². The molecule has 15 heavy (non-hydrogen) atoms. The van der Waals surface area contributed by atoms with E-state index in [1.165, 1.54) is 24.3 Å². The molecule has 77 valence electrons. The fourth-order valence-corrected chi connectivity index (χ4v) is 1.20. The van der Waals surface area contributed by atoms with E-state index < -0.39 is 6.36 Å². The highest BCUT2D eigenvalue weighted by atomic mass is 19.4. The number of pyridine rings is 1. The van der Waals surface area contributed by atoms with Gasteiger partial charge in [-0.15, -0.1) is 13.2 Å². The Kier molecular flexibility index (Phi) is 2.22. The predicted octanol–water partition coefficient (Wildman–Crippen LogP) is 2.93. The van der Waals surface area contributed by atoms with Crippen LogP contribution in [0.1, 0.15) is 0 Å². The van der Waals surface area contributed by atoms with Crippen LogP contribution in [0.25, 0.3) is 10.9 Å². The molecule has 1 aromatic carbocycles. The van der Waals surface area contributed by atoms with Gasteiger partial charge in [-0.1, -0.05) is 6.07 Å². The van der Waals surface area contributed by atoms with Crippen molar-refractivity contribution in [1.82, 2.24) is 4.98 Å². The molecule has 2 rings (SSSR count). The third kappa shape index (κ3) is 2.37. The molecular weight excluding hydrogens is 207 g/mol. The van der Waals surface area contributed by atoms with Gasteiger partial charge in [0.2, 0.25) is 0 Å². The molecule has 0 bridgehead atoms. The number of ether oxygens (including phenoxy) is 1. The van der Waals surface area contributed by atoms with Gasteiger partial charge < -0.3 is 4.74 Å². The molecule has 0 amide bonds. The average Bonchev–Trinajstić information content (AvgIpc) is 2.15. The van der Waals surface area contributed by atoms with E-state index in [-0.39, 0.29) is 5.75 Å². The first-order chi connectivity index (χ1) is 7.04. The lowest BCUT2D eigenvalue weighted by molar-refractivity contribution is -0.274. The Hall–Kier alpha value is -1.78. The minimum Gasteiger partial charge on any atom is -0.406 e. The number of aromatic nitrogens is 1. The second kappa shape index (κ2) is 3.42. The van der Waals surface area contributed by atoms with Crippen molar-refractivity contribution in [2.45, 2.75) is 6.36 Å². The smallest absolute Gasteiger partial charge is 0.406 e. The lowest BCUT2D eigenvalue weighted by Crippen LogP contribution is -2.16. The Labute approximate surface area is 83.3 Å². The number of benzene rings is 1. The van der Waals surface area contributed by atoms with E-state index in [9.17, 15) is 13.2 Å². The van der Waals surface area contributed by atoms with E-state index in [4.69, 9.17) is 0 Å². The summed E-state index contributed by atoms with van der Waals surface area (Å²) in [6.07, 6.45) is -2.07. The van der Waals surface area contributed by atoms with Gasteiger partial charge in [-0.05, 0) is 24.3 Å². The van der Waals surface area contributed by atoms with Crippen molar-refractivity contribution >= 4 is 10.9 Å². The van der Waals surface area contributed by atoms with Crippen molar-refractivity contribution in [1.29, 1.82) is 0 Å². The topological polar surface area (TPSA) is 22.1 Å². The molecule has 5 heteroatoms. The summed E-state index contributed by atoms with van der Waals surface area (Å²) in [4.78, 5) is 3.86. The van der Waals surface area contributed by atoms with E-state index in [1.807, 2.05) is 0 Å². The maximum Gasteiger partial charge on any atom is 0.573 e. The Bertz CT molecular complexity index is 481. The van der Waals surface area contributed by atoms with Crippen molar-refractivity contribution in [3.63, 3.8) is 0 Å². The molecule has 2 aromatic rings. The maximum absolute atomic E-state index is 11.9. The number of nitrogens with zero attached hydrogens (tertiary/aromatic N) is 1. The Morgan fingerprint density at radius 1 is 1.20 bits per heavy atom. The van der Waals surface area contributed by atoms with Gasteiger partial charge in [0.1, 0.15) is 5.75 Å². The number of halogens is 3. The van der Waals surface area contributed by atoms with Gasteiger partial charge >= 0.3 is 6.36 Å². The van der Waals surface area contributed by atoms with Crippen LogP contribution in [0.4, 0.5) is 13.2 Å². The summed E-state index contributed by atoms with van der Waals surface area (Å²) in [5, 5.41) is 0.579. The van der Waals surface area contributed by atoms with Gasteiger partial charge in [0.15, 0.2) is 0 Å². The second-order valence-corrected chi connectivity index (χ2v) is 2.84. The van der Waals surface area contributed by atoms with Gasteiger partial charge in [-0.25, -0.2) is 4.98 Å². The van der Waals surface area contributed by atoms with Crippen LogP contribution >= 0.6 is 0 Å². The minimum atomic E-state index is -4.66. The number of rotatable bonds is 1. The van der Waals surface area contributed by atoms with Crippen molar-refractivity contribution in [2.24, 2.45) is 0 Å². The first kappa shape index (κ1) is 9.76. The van der Waals surface area contributed by atoms with Crippen molar-refractivity contribution in [2.75, 3.05) is 0 Å². The lowest BCUT2D eigenvalue weighted by atomic mass is 10.2. The molecule has 0 fully saturated rings. The van der Waals surface area contributed by atoms with Gasteiger partial charge in [-0.2, -0.15) is 0 Å². The van der Waals surface area contributed by atoms with Crippen LogP contribution in [0.15, 0.2) is 30.3 Å². The van der Waals surface area contributed by atoms with Crippen LogP contribution in [0.2, 0.25) is 0 Å². The molecule has 1 heterocycles. The molecule has 0 atom stereocenters. The molecule has 0 aliphatic carbocycles. The molecule has 0 saturated carbocycles. The van der Waals surface area contributed by atoms with E-state index in [1.54, 1.807) is 6.07 Å². The number of fused-ring (bicyclic) bond motifs is 1. The Morgan fingerprint density at radius 2 is 2.00 bits per heavy atom. The highest BCUT2D eigenvalue weighted by Gasteiger charge is 2.31. The largest absolute Gasteiger partial charge is 0.573 e. The van der Waals surface area contributed by atoms with Gasteiger partial charge in [-0.3, -0.25) is 0 Å². The zero-order valence-electron chi connectivity index (χ0n) is 7.38. The standard InChI is InChI=1S/C10H5F3NO/c11-10(12,13)15-8-3-4-9-7(6-8)2-1-5-14-9/h1-4,6H. The summed E-state index contributed by atoms with van der Waals surface area (Å²) in [5.41, 5.74) is 0.576. The number of hydrogen-bond acceptors (Lipinski definition) is 2. The second-order valence-electron chi connectivity index (χ2n) is 2.84. The molecule has 0 unspecified atom stereocenters. The number of hydrogen-bond donors (Lipinski definition) is 0. The highest BCUT2D eigenvalue weighted by Crippen LogP contribution is 2.25. The molecule has 0 saturated heterocycles. The molecule has 2 nitrogen and oxygen atoms in total. The molecular formula is C10H5F3NO. The first-order valence-corrected chi connectivity index (χ1v) is 4.07. The zero-order chi connectivity index (χ0) is 10.9. The summed E-state index contributed by atoms with van der Waals surface area (Å²) in [6, 6.07) is 7.10. The van der Waals surface area contributed by atoms with Crippen LogP contribution < -0.4 is 4.74 Å². The lowest BCUT2D eigenvalue weighted by Gasteiger charge is -2.08. The van der Waals surface area contributed by atoms with Gasteiger partial charge in [0.25, 0.3) is 0 Å². The molecule has 0 aliphatic rings. The molecule has 0 aliphatic heterocycles.